The summed E-state index contributed by atoms with van der Waals surface area (Å²) in [5.41, 5.74) is 25.0. The zero-order valence-corrected chi connectivity index (χ0v) is 40.3. The van der Waals surface area contributed by atoms with E-state index in [1.807, 2.05) is 24.3 Å². The van der Waals surface area contributed by atoms with Crippen molar-refractivity contribution in [1.82, 2.24) is 0 Å². The van der Waals surface area contributed by atoms with Crippen molar-refractivity contribution in [3.8, 4) is 33.4 Å². The van der Waals surface area contributed by atoms with Gasteiger partial charge in [0, 0.05) is 55.7 Å². The molecule has 0 bridgehead atoms. The smallest absolute Gasteiger partial charge is 0.135 e. The maximum absolute atomic E-state index is 6.14. The van der Waals surface area contributed by atoms with Crippen molar-refractivity contribution < 1.29 is 8.83 Å². The lowest BCUT2D eigenvalue weighted by molar-refractivity contribution is 0.668. The summed E-state index contributed by atoms with van der Waals surface area (Å²) >= 11 is 0. The van der Waals surface area contributed by atoms with Crippen LogP contribution >= 0.6 is 0 Å². The van der Waals surface area contributed by atoms with E-state index in [1.54, 1.807) is 0 Å². The molecule has 0 saturated heterocycles. The molecule has 0 atom stereocenters. The number of benzene rings is 10. The Morgan fingerprint density at radius 1 is 0.257 bits per heavy atom. The van der Waals surface area contributed by atoms with Crippen LogP contribution in [0.5, 0.6) is 0 Å². The van der Waals surface area contributed by atoms with Crippen LogP contribution in [0.1, 0.15) is 33.4 Å². The monoisotopic (exact) mass is 904 g/mol. The molecule has 4 nitrogen and oxygen atoms in total. The van der Waals surface area contributed by atoms with Gasteiger partial charge in [-0.15, -0.1) is 0 Å². The largest absolute Gasteiger partial charge is 0.456 e. The van der Waals surface area contributed by atoms with Crippen LogP contribution in [0.4, 0.5) is 34.1 Å². The van der Waals surface area contributed by atoms with E-state index in [0.717, 1.165) is 100 Å². The van der Waals surface area contributed by atoms with Crippen molar-refractivity contribution in [1.29, 1.82) is 0 Å². The quantitative estimate of drug-likeness (QED) is 0.144. The minimum Gasteiger partial charge on any atom is -0.456 e. The summed E-state index contributed by atoms with van der Waals surface area (Å²) in [6.07, 6.45) is 0. The van der Waals surface area contributed by atoms with Gasteiger partial charge in [-0.25, -0.2) is 0 Å². The normalized spacial score (nSPS) is 11.6. The first-order valence-electron chi connectivity index (χ1n) is 24.1. The van der Waals surface area contributed by atoms with Crippen LogP contribution < -0.4 is 9.80 Å². The fourth-order valence-electron chi connectivity index (χ4n) is 10.8. The molecule has 0 unspecified atom stereocenters. The number of hydrogen-bond acceptors (Lipinski definition) is 4. The van der Waals surface area contributed by atoms with Gasteiger partial charge in [0.15, 0.2) is 0 Å². The number of rotatable bonds is 9. The van der Waals surface area contributed by atoms with Gasteiger partial charge in [-0.3, -0.25) is 0 Å². The summed E-state index contributed by atoms with van der Waals surface area (Å²) in [5, 5.41) is 4.54. The Kier molecular flexibility index (Phi) is 10.5. The SMILES string of the molecule is Cc1ccccc1N(c1ccc(-c2ccc3oc4ccccc4c3c2)cc1)c1cc(C)c(-c2c(C)cc(N(c3ccc(-c4ccc5oc6ccccc6c5c4)cc3)c3ccccc3C)cc2C)c(C)c1. The fourth-order valence-corrected chi connectivity index (χ4v) is 10.8. The number of nitrogens with zero attached hydrogens (tertiary/aromatic N) is 2. The van der Waals surface area contributed by atoms with E-state index >= 15 is 0 Å². The van der Waals surface area contributed by atoms with Crippen LogP contribution in [0.3, 0.4) is 0 Å². The fraction of sp³-hybridized carbons (Fsp3) is 0.0909. The molecule has 0 amide bonds. The molecule has 338 valence electrons. The molecule has 2 heterocycles. The predicted octanol–water partition coefficient (Wildman–Crippen LogP) is 19.3. The van der Waals surface area contributed by atoms with Gasteiger partial charge in [-0.1, -0.05) is 109 Å². The van der Waals surface area contributed by atoms with E-state index < -0.39 is 0 Å². The molecule has 0 N–H and O–H groups in total. The number of fused-ring (bicyclic) bond motifs is 6. The minimum atomic E-state index is 0.906. The van der Waals surface area contributed by atoms with E-state index in [9.17, 15) is 0 Å². The first kappa shape index (κ1) is 42.7. The molecule has 70 heavy (non-hydrogen) atoms. The second-order valence-corrected chi connectivity index (χ2v) is 18.9. The van der Waals surface area contributed by atoms with Crippen LogP contribution in [0.25, 0.3) is 77.3 Å². The summed E-state index contributed by atoms with van der Waals surface area (Å²) in [6.45, 7) is 13.5. The van der Waals surface area contributed by atoms with Gasteiger partial charge in [0.25, 0.3) is 0 Å². The van der Waals surface area contributed by atoms with Crippen molar-refractivity contribution in [3.05, 3.63) is 240 Å². The lowest BCUT2D eigenvalue weighted by atomic mass is 9.88. The molecule has 12 aromatic rings. The molecule has 2 aromatic heterocycles. The highest BCUT2D eigenvalue weighted by atomic mass is 16.3. The number of hydrogen-bond donors (Lipinski definition) is 0. The highest BCUT2D eigenvalue weighted by molar-refractivity contribution is 6.07. The summed E-state index contributed by atoms with van der Waals surface area (Å²) < 4.78 is 12.3. The second kappa shape index (κ2) is 17.2. The molecule has 0 aliphatic rings. The minimum absolute atomic E-state index is 0.906. The van der Waals surface area contributed by atoms with Crippen molar-refractivity contribution in [2.75, 3.05) is 9.80 Å². The molecule has 10 aromatic carbocycles. The maximum atomic E-state index is 6.14. The summed E-state index contributed by atoms with van der Waals surface area (Å²) in [7, 11) is 0. The molecule has 0 aliphatic carbocycles. The van der Waals surface area contributed by atoms with Gasteiger partial charge in [0.1, 0.15) is 22.3 Å². The second-order valence-electron chi connectivity index (χ2n) is 18.9. The van der Waals surface area contributed by atoms with Crippen LogP contribution in [0, 0.1) is 41.5 Å². The molecule has 0 saturated carbocycles. The Labute approximate surface area is 409 Å². The van der Waals surface area contributed by atoms with Crippen molar-refractivity contribution >= 4 is 78.0 Å². The standard InChI is InChI=1S/C66H52N2O2/c1-41-15-7-11-19-59(41)67(51-29-23-47(24-30-51)49-27-33-63-57(39-49)55-17-9-13-21-61(55)69-63)53-35-43(3)65(44(4)36-53)66-45(5)37-54(38-46(66)6)68(60-20-12-8-16-42(60)2)52-31-25-48(26-32-52)50-28-34-64-58(40-50)56-18-10-14-22-62(56)70-64/h7-40H,1-6H3. The van der Waals surface area contributed by atoms with Crippen LogP contribution in [0.15, 0.2) is 215 Å². The number of aryl methyl sites for hydroxylation is 6. The Morgan fingerprint density at radius 2 is 0.586 bits per heavy atom. The van der Waals surface area contributed by atoms with Crippen LogP contribution in [0.2, 0.25) is 0 Å². The average molecular weight is 905 g/mol. The summed E-state index contributed by atoms with van der Waals surface area (Å²) in [5.74, 6) is 0. The topological polar surface area (TPSA) is 32.8 Å². The maximum Gasteiger partial charge on any atom is 0.135 e. The molecular formula is C66H52N2O2. The first-order valence-corrected chi connectivity index (χ1v) is 24.1. The Bertz CT molecular complexity index is 3660. The van der Waals surface area contributed by atoms with E-state index in [2.05, 4.69) is 233 Å². The average Bonchev–Trinajstić information content (AvgIpc) is 3.94. The lowest BCUT2D eigenvalue weighted by Crippen LogP contribution is -2.13. The molecule has 0 aliphatic heterocycles. The van der Waals surface area contributed by atoms with Gasteiger partial charge in [-0.05, 0) is 205 Å². The van der Waals surface area contributed by atoms with E-state index in [4.69, 9.17) is 8.83 Å². The Hall–Kier alpha value is -8.60. The van der Waals surface area contributed by atoms with Crippen LogP contribution in [-0.2, 0) is 0 Å². The number of para-hydroxylation sites is 4. The Balaban J connectivity index is 0.893. The Morgan fingerprint density at radius 3 is 0.971 bits per heavy atom. The third kappa shape index (κ3) is 7.41. The zero-order chi connectivity index (χ0) is 47.6. The predicted molar refractivity (Wildman–Crippen MR) is 295 cm³/mol. The third-order valence-electron chi connectivity index (χ3n) is 14.2. The summed E-state index contributed by atoms with van der Waals surface area (Å²) in [6, 6.07) is 74.3. The lowest BCUT2D eigenvalue weighted by Gasteiger charge is -2.30. The van der Waals surface area contributed by atoms with Crippen molar-refractivity contribution in [2.24, 2.45) is 0 Å². The van der Waals surface area contributed by atoms with Crippen LogP contribution in [-0.4, -0.2) is 0 Å². The molecule has 0 fully saturated rings. The van der Waals surface area contributed by atoms with Gasteiger partial charge >= 0.3 is 0 Å². The highest BCUT2D eigenvalue weighted by Gasteiger charge is 2.22. The van der Waals surface area contributed by atoms with Crippen molar-refractivity contribution in [2.45, 2.75) is 41.5 Å². The highest BCUT2D eigenvalue weighted by Crippen LogP contribution is 2.45. The van der Waals surface area contributed by atoms with Crippen molar-refractivity contribution in [3.63, 3.8) is 0 Å². The number of anilines is 6. The molecule has 0 spiro atoms. The molecule has 4 heteroatoms. The van der Waals surface area contributed by atoms with E-state index in [0.29, 0.717) is 0 Å². The molecule has 12 rings (SSSR count). The first-order chi connectivity index (χ1) is 34.2. The van der Waals surface area contributed by atoms with E-state index in [-0.39, 0.29) is 0 Å². The third-order valence-corrected chi connectivity index (χ3v) is 14.2. The number of furan rings is 2. The molecule has 0 radical (unpaired) electrons. The molecular weight excluding hydrogens is 853 g/mol. The van der Waals surface area contributed by atoms with Gasteiger partial charge in [0.05, 0.1) is 0 Å². The van der Waals surface area contributed by atoms with E-state index in [1.165, 1.54) is 44.5 Å². The van der Waals surface area contributed by atoms with Gasteiger partial charge in [-0.2, -0.15) is 0 Å². The zero-order valence-electron chi connectivity index (χ0n) is 40.3. The van der Waals surface area contributed by atoms with Gasteiger partial charge in [0.2, 0.25) is 0 Å². The summed E-state index contributed by atoms with van der Waals surface area (Å²) in [4.78, 5) is 4.81. The van der Waals surface area contributed by atoms with Gasteiger partial charge < -0.3 is 18.6 Å².